The van der Waals surface area contributed by atoms with Crippen molar-refractivity contribution >= 4 is 44.5 Å². The molecular formula is C26H23BrN4O3S. The molecule has 0 radical (unpaired) electrons. The van der Waals surface area contributed by atoms with Gasteiger partial charge in [0, 0.05) is 17.5 Å². The number of aromatic nitrogens is 1. The number of hydrogen-bond donors (Lipinski definition) is 2. The molecule has 0 bridgehead atoms. The second-order valence-corrected chi connectivity index (χ2v) is 9.07. The molecular weight excluding hydrogens is 528 g/mol. The van der Waals surface area contributed by atoms with E-state index in [4.69, 9.17) is 9.47 Å². The zero-order valence-corrected chi connectivity index (χ0v) is 21.3. The summed E-state index contributed by atoms with van der Waals surface area (Å²) in [5.41, 5.74) is 6.71. The van der Waals surface area contributed by atoms with Crippen LogP contribution in [0.1, 0.15) is 11.1 Å². The maximum Gasteiger partial charge on any atom is 0.258 e. The molecule has 0 unspecified atom stereocenters. The number of amides is 1. The van der Waals surface area contributed by atoms with Crippen molar-refractivity contribution in [2.75, 3.05) is 19.1 Å². The Balaban J connectivity index is 1.34. The Morgan fingerprint density at radius 2 is 1.86 bits per heavy atom. The Morgan fingerprint density at radius 3 is 2.60 bits per heavy atom. The third-order valence-corrected chi connectivity index (χ3v) is 6.22. The molecule has 3 aromatic carbocycles. The van der Waals surface area contributed by atoms with Crippen LogP contribution in [-0.4, -0.2) is 30.8 Å². The number of nitrogens with one attached hydrogen (secondary N) is 2. The lowest BCUT2D eigenvalue weighted by Gasteiger charge is -2.13. The molecule has 35 heavy (non-hydrogen) atoms. The van der Waals surface area contributed by atoms with Gasteiger partial charge in [0.2, 0.25) is 5.13 Å². The van der Waals surface area contributed by atoms with E-state index in [1.807, 2.05) is 72.1 Å². The van der Waals surface area contributed by atoms with Crippen molar-refractivity contribution in [3.05, 3.63) is 93.8 Å². The second kappa shape index (κ2) is 12.1. The monoisotopic (exact) mass is 550 g/mol. The average molecular weight is 551 g/mol. The number of rotatable bonds is 10. The van der Waals surface area contributed by atoms with Gasteiger partial charge in [0.05, 0.1) is 23.5 Å². The highest BCUT2D eigenvalue weighted by Crippen LogP contribution is 2.36. The van der Waals surface area contributed by atoms with Gasteiger partial charge >= 0.3 is 0 Å². The number of nitrogens with zero attached hydrogens (tertiary/aromatic N) is 2. The van der Waals surface area contributed by atoms with E-state index in [1.165, 1.54) is 11.3 Å². The minimum atomic E-state index is -0.226. The third kappa shape index (κ3) is 6.91. The van der Waals surface area contributed by atoms with Gasteiger partial charge in [-0.2, -0.15) is 5.10 Å². The molecule has 4 rings (SSSR count). The topological polar surface area (TPSA) is 84.8 Å². The average Bonchev–Trinajstić information content (AvgIpc) is 3.36. The highest BCUT2D eigenvalue weighted by atomic mass is 79.9. The van der Waals surface area contributed by atoms with Crippen LogP contribution in [0.5, 0.6) is 11.5 Å². The number of hydrogen-bond acceptors (Lipinski definition) is 7. The summed E-state index contributed by atoms with van der Waals surface area (Å²) in [6.45, 7) is 0.306. The summed E-state index contributed by atoms with van der Waals surface area (Å²) in [6.07, 6.45) is 1.66. The van der Waals surface area contributed by atoms with Crippen LogP contribution in [0, 0.1) is 0 Å². The maximum atomic E-state index is 12.2. The van der Waals surface area contributed by atoms with Crippen molar-refractivity contribution in [2.45, 2.75) is 6.54 Å². The van der Waals surface area contributed by atoms with E-state index < -0.39 is 0 Å². The molecule has 1 amide bonds. The first-order valence-electron chi connectivity index (χ1n) is 10.7. The molecule has 9 heteroatoms. The lowest BCUT2D eigenvalue weighted by molar-refractivity contribution is -0.123. The minimum absolute atomic E-state index is 0.134. The van der Waals surface area contributed by atoms with Gasteiger partial charge in [0.25, 0.3) is 5.91 Å². The fraction of sp³-hybridized carbons (Fsp3) is 0.115. The lowest BCUT2D eigenvalue weighted by atomic mass is 10.2. The Hall–Kier alpha value is -3.69. The number of methoxy groups -OCH3 is 1. The molecule has 0 aliphatic heterocycles. The largest absolute Gasteiger partial charge is 0.493 e. The van der Waals surface area contributed by atoms with Gasteiger partial charge in [0.1, 0.15) is 0 Å². The second-order valence-electron chi connectivity index (χ2n) is 7.36. The first kappa shape index (κ1) is 24.4. The predicted octanol–water partition coefficient (Wildman–Crippen LogP) is 5.72. The number of anilines is 1. The Bertz CT molecular complexity index is 1300. The first-order chi connectivity index (χ1) is 17.1. The van der Waals surface area contributed by atoms with E-state index in [0.717, 1.165) is 22.4 Å². The number of thiazole rings is 1. The van der Waals surface area contributed by atoms with E-state index in [1.54, 1.807) is 19.4 Å². The summed E-state index contributed by atoms with van der Waals surface area (Å²) in [4.78, 5) is 16.8. The molecule has 2 N–H and O–H groups in total. The molecule has 178 valence electrons. The van der Waals surface area contributed by atoms with Crippen molar-refractivity contribution in [3.63, 3.8) is 0 Å². The normalized spacial score (nSPS) is 10.8. The molecule has 0 aliphatic rings. The van der Waals surface area contributed by atoms with Gasteiger partial charge in [-0.3, -0.25) is 10.2 Å². The van der Waals surface area contributed by atoms with Crippen LogP contribution < -0.4 is 20.2 Å². The van der Waals surface area contributed by atoms with Crippen LogP contribution >= 0.6 is 27.3 Å². The highest BCUT2D eigenvalue weighted by Gasteiger charge is 2.13. The van der Waals surface area contributed by atoms with Crippen LogP contribution in [0.2, 0.25) is 0 Å². The molecule has 7 nitrogen and oxygen atoms in total. The molecule has 4 aromatic rings. The standard InChI is InChI=1S/C26H23BrN4O3S/c1-33-23-13-19(15-29-31-26-30-22(17-35-26)20-10-6-3-7-11-20)12-21(27)25(23)34-16-24(32)28-14-18-8-4-2-5-9-18/h2-13,15,17H,14,16H2,1H3,(H,28,32)(H,30,31). The zero-order valence-electron chi connectivity index (χ0n) is 18.9. The Morgan fingerprint density at radius 1 is 1.11 bits per heavy atom. The van der Waals surface area contributed by atoms with Gasteiger partial charge in [-0.1, -0.05) is 60.7 Å². The fourth-order valence-electron chi connectivity index (χ4n) is 3.17. The molecule has 0 aliphatic carbocycles. The molecule has 1 heterocycles. The summed E-state index contributed by atoms with van der Waals surface area (Å²) in [7, 11) is 1.55. The van der Waals surface area contributed by atoms with Crippen molar-refractivity contribution in [1.29, 1.82) is 0 Å². The quantitative estimate of drug-likeness (QED) is 0.195. The van der Waals surface area contributed by atoms with Gasteiger partial charge in [-0.05, 0) is 39.2 Å². The number of carbonyl (C=O) groups excluding carboxylic acids is 1. The van der Waals surface area contributed by atoms with Crippen LogP contribution in [-0.2, 0) is 11.3 Å². The Labute approximate surface area is 216 Å². The number of halogens is 1. The summed E-state index contributed by atoms with van der Waals surface area (Å²) >= 11 is 4.98. The van der Waals surface area contributed by atoms with E-state index in [-0.39, 0.29) is 12.5 Å². The summed E-state index contributed by atoms with van der Waals surface area (Å²) < 4.78 is 11.8. The predicted molar refractivity (Wildman–Crippen MR) is 143 cm³/mol. The van der Waals surface area contributed by atoms with Crippen LogP contribution in [0.3, 0.4) is 0 Å². The number of hydrazone groups is 1. The number of carbonyl (C=O) groups is 1. The van der Waals surface area contributed by atoms with Crippen molar-refractivity contribution in [2.24, 2.45) is 5.10 Å². The van der Waals surface area contributed by atoms with Gasteiger partial charge in [0.15, 0.2) is 18.1 Å². The minimum Gasteiger partial charge on any atom is -0.493 e. The van der Waals surface area contributed by atoms with Gasteiger partial charge < -0.3 is 14.8 Å². The number of ether oxygens (including phenoxy) is 2. The van der Waals surface area contributed by atoms with Gasteiger partial charge in [-0.25, -0.2) is 4.98 Å². The van der Waals surface area contributed by atoms with Crippen molar-refractivity contribution in [1.82, 2.24) is 10.3 Å². The van der Waals surface area contributed by atoms with Crippen LogP contribution in [0.25, 0.3) is 11.3 Å². The fourth-order valence-corrected chi connectivity index (χ4v) is 4.41. The molecule has 0 atom stereocenters. The van der Waals surface area contributed by atoms with Crippen LogP contribution in [0.15, 0.2) is 87.8 Å². The molecule has 0 spiro atoms. The Kier molecular flexibility index (Phi) is 8.48. The molecule has 0 fully saturated rings. The lowest BCUT2D eigenvalue weighted by Crippen LogP contribution is -2.28. The van der Waals surface area contributed by atoms with E-state index in [9.17, 15) is 4.79 Å². The molecule has 0 saturated carbocycles. The van der Waals surface area contributed by atoms with Crippen molar-refractivity contribution < 1.29 is 14.3 Å². The SMILES string of the molecule is COc1cc(C=NNc2nc(-c3ccccc3)cs2)cc(Br)c1OCC(=O)NCc1ccccc1. The van der Waals surface area contributed by atoms with Crippen LogP contribution in [0.4, 0.5) is 5.13 Å². The van der Waals surface area contributed by atoms with E-state index in [2.05, 4.69) is 36.8 Å². The zero-order chi connectivity index (χ0) is 24.5. The van der Waals surface area contributed by atoms with Gasteiger partial charge in [-0.15, -0.1) is 11.3 Å². The summed E-state index contributed by atoms with van der Waals surface area (Å²) in [5, 5.41) is 9.79. The highest BCUT2D eigenvalue weighted by molar-refractivity contribution is 9.10. The van der Waals surface area contributed by atoms with Crippen molar-refractivity contribution in [3.8, 4) is 22.8 Å². The summed E-state index contributed by atoms with van der Waals surface area (Å²) in [5.74, 6) is 0.702. The molecule has 0 saturated heterocycles. The summed E-state index contributed by atoms with van der Waals surface area (Å²) in [6, 6.07) is 23.3. The smallest absolute Gasteiger partial charge is 0.258 e. The first-order valence-corrected chi connectivity index (χ1v) is 12.4. The van der Waals surface area contributed by atoms with E-state index in [0.29, 0.717) is 27.6 Å². The maximum absolute atomic E-state index is 12.2. The number of benzene rings is 3. The third-order valence-electron chi connectivity index (χ3n) is 4.88. The molecule has 1 aromatic heterocycles. The van der Waals surface area contributed by atoms with E-state index >= 15 is 0 Å².